The molecule has 0 heterocycles. The molecule has 0 bridgehead atoms. The molecule has 0 spiro atoms. The molecule has 334 valence electrons. The molecule has 5 nitrogen and oxygen atoms in total. The van der Waals surface area contributed by atoms with Crippen LogP contribution < -0.4 is 10.4 Å². The summed E-state index contributed by atoms with van der Waals surface area (Å²) in [5.41, 5.74) is 1.00. The van der Waals surface area contributed by atoms with Crippen molar-refractivity contribution < 1.29 is 22.8 Å². The third-order valence-electron chi connectivity index (χ3n) is 12.7. The van der Waals surface area contributed by atoms with E-state index in [-0.39, 0.29) is 45.6 Å². The topological polar surface area (TPSA) is 46.2 Å². The highest BCUT2D eigenvalue weighted by Gasteiger charge is 2.50. The number of benzene rings is 2. The molecule has 0 N–H and O–H groups in total. The Balaban J connectivity index is 2.71. The van der Waals surface area contributed by atoms with E-state index >= 15 is 0 Å². The minimum absolute atomic E-state index is 0.0295. The monoisotopic (exact) mass is 881 g/mol. The summed E-state index contributed by atoms with van der Waals surface area (Å²) in [5, 5.41) is 2.53. The van der Waals surface area contributed by atoms with Gasteiger partial charge in [0, 0.05) is 26.5 Å². The fraction of sp³-hybridized carbons (Fsp3) is 0.640. The number of hydrogen-bond donors (Lipinski definition) is 0. The van der Waals surface area contributed by atoms with E-state index in [1.54, 1.807) is 0 Å². The summed E-state index contributed by atoms with van der Waals surface area (Å²) in [6.07, 6.45) is 9.79. The minimum Gasteiger partial charge on any atom is -0.414 e. The molecule has 9 heteroatoms. The summed E-state index contributed by atoms with van der Waals surface area (Å²) in [4.78, 5) is 0. The molecule has 0 aromatic heterocycles. The van der Waals surface area contributed by atoms with Gasteiger partial charge in [-0.2, -0.15) is 0 Å². The van der Waals surface area contributed by atoms with Crippen LogP contribution in [0.3, 0.4) is 0 Å². The lowest BCUT2D eigenvalue weighted by Crippen LogP contribution is -2.66. The third kappa shape index (κ3) is 16.5. The lowest BCUT2D eigenvalue weighted by Gasteiger charge is -2.43. The Morgan fingerprint density at radius 2 is 1.19 bits per heavy atom. The van der Waals surface area contributed by atoms with Crippen LogP contribution in [0, 0.1) is 5.41 Å². The maximum absolute atomic E-state index is 7.43. The van der Waals surface area contributed by atoms with Crippen LogP contribution in [0.1, 0.15) is 95.9 Å². The van der Waals surface area contributed by atoms with Crippen LogP contribution >= 0.6 is 0 Å². The van der Waals surface area contributed by atoms with Gasteiger partial charge in [0.05, 0.1) is 24.9 Å². The molecule has 0 saturated carbocycles. The molecule has 0 aliphatic rings. The van der Waals surface area contributed by atoms with E-state index in [1.165, 1.54) is 15.9 Å². The van der Waals surface area contributed by atoms with Crippen molar-refractivity contribution in [3.8, 4) is 0 Å². The van der Waals surface area contributed by atoms with E-state index in [4.69, 9.17) is 22.8 Å². The predicted octanol–water partition coefficient (Wildman–Crippen LogP) is 13.5. The van der Waals surface area contributed by atoms with E-state index in [2.05, 4.69) is 214 Å². The van der Waals surface area contributed by atoms with Gasteiger partial charge in [0.1, 0.15) is 6.79 Å². The van der Waals surface area contributed by atoms with Gasteiger partial charge < -0.3 is 22.8 Å². The summed E-state index contributed by atoms with van der Waals surface area (Å²) in [7, 11) is -8.32. The largest absolute Gasteiger partial charge is 0.414 e. The van der Waals surface area contributed by atoms with Crippen molar-refractivity contribution in [2.24, 2.45) is 5.41 Å². The molecule has 0 fully saturated rings. The van der Waals surface area contributed by atoms with Crippen LogP contribution in [-0.4, -0.2) is 71.3 Å². The predicted molar refractivity (Wildman–Crippen MR) is 268 cm³/mol. The van der Waals surface area contributed by atoms with Crippen LogP contribution in [-0.2, 0) is 22.8 Å². The maximum atomic E-state index is 7.43. The number of rotatable bonds is 23. The first-order chi connectivity index (χ1) is 26.9. The van der Waals surface area contributed by atoms with Crippen molar-refractivity contribution >= 4 is 43.4 Å². The molecule has 2 aromatic carbocycles. The van der Waals surface area contributed by atoms with Crippen LogP contribution in [0.2, 0.25) is 67.0 Å². The molecule has 0 aliphatic carbocycles. The van der Waals surface area contributed by atoms with Crippen molar-refractivity contribution in [1.82, 2.24) is 0 Å². The standard InChI is InChI=1S/C50H88O5Si4/c1-21-50(12,13)34-32-42(33-35-53-59(49(9,10)11,44-28-24-22-25-29-44)45-30-26-23-27-31-45)38-43(55-58(19,20)48(6,7)8)39-46(52-40-51-36-37-56(14,15)16)41(2)54-57(17,18)47(3,4)5/h21-34,41,43,46H,1,35-40H2,2-20H3/b34-32+,42-33-/t41-,43+,46-/m1/s1. The maximum Gasteiger partial charge on any atom is 0.261 e. The first kappa shape index (κ1) is 53.5. The molecule has 3 atom stereocenters. The molecule has 0 amide bonds. The Hall–Kier alpha value is -1.67. The molecule has 59 heavy (non-hydrogen) atoms. The first-order valence-electron chi connectivity index (χ1n) is 22.2. The molecule has 2 rings (SSSR count). The molecule has 0 radical (unpaired) electrons. The van der Waals surface area contributed by atoms with E-state index in [9.17, 15) is 0 Å². The SMILES string of the molecule is C=CC(C)(C)/C=C/C(=C/CO[Si](c1ccccc1)(c1ccccc1)C(C)(C)C)C[C@@H](C[C@@H](OCOCC[Si](C)(C)C)[C@@H](C)O[Si](C)(C)C(C)(C)C)O[Si](C)(C)C(C)(C)C. The van der Waals surface area contributed by atoms with E-state index in [0.29, 0.717) is 26.1 Å². The fourth-order valence-corrected chi connectivity index (χ4v) is 14.7. The van der Waals surface area contributed by atoms with Gasteiger partial charge in [0.25, 0.3) is 8.32 Å². The minimum atomic E-state index is -2.75. The Morgan fingerprint density at radius 1 is 0.695 bits per heavy atom. The quantitative estimate of drug-likeness (QED) is 0.0366. The zero-order valence-electron chi connectivity index (χ0n) is 41.3. The van der Waals surface area contributed by atoms with Crippen LogP contribution in [0.25, 0.3) is 0 Å². The molecule has 0 unspecified atom stereocenters. The highest BCUT2D eigenvalue weighted by atomic mass is 28.4. The van der Waals surface area contributed by atoms with Crippen molar-refractivity contribution in [3.63, 3.8) is 0 Å². The van der Waals surface area contributed by atoms with E-state index < -0.39 is 33.0 Å². The molecule has 2 aromatic rings. The van der Waals surface area contributed by atoms with Crippen LogP contribution in [0.15, 0.2) is 97.1 Å². The fourth-order valence-electron chi connectivity index (χ4n) is 6.62. The van der Waals surface area contributed by atoms with Gasteiger partial charge in [-0.25, -0.2) is 0 Å². The molecule has 0 aliphatic heterocycles. The molecular formula is C50H88O5Si4. The Morgan fingerprint density at radius 3 is 1.63 bits per heavy atom. The highest BCUT2D eigenvalue weighted by molar-refractivity contribution is 6.99. The average molecular weight is 882 g/mol. The lowest BCUT2D eigenvalue weighted by molar-refractivity contribution is -0.125. The van der Waals surface area contributed by atoms with Crippen molar-refractivity contribution in [2.75, 3.05) is 20.0 Å². The zero-order chi connectivity index (χ0) is 45.1. The van der Waals surface area contributed by atoms with Gasteiger partial charge >= 0.3 is 0 Å². The summed E-state index contributed by atoms with van der Waals surface area (Å²) < 4.78 is 34.8. The average Bonchev–Trinajstić information content (AvgIpc) is 3.10. The Bertz CT molecular complexity index is 1570. The second-order valence-electron chi connectivity index (χ2n) is 22.7. The van der Waals surface area contributed by atoms with Crippen molar-refractivity contribution in [2.45, 2.75) is 181 Å². The zero-order valence-corrected chi connectivity index (χ0v) is 45.3. The van der Waals surface area contributed by atoms with Gasteiger partial charge in [-0.1, -0.05) is 181 Å². The first-order valence-corrected chi connectivity index (χ1v) is 33.6. The number of ether oxygens (including phenoxy) is 2. The number of allylic oxidation sites excluding steroid dienone is 3. The molecular weight excluding hydrogens is 793 g/mol. The van der Waals surface area contributed by atoms with E-state index in [0.717, 1.165) is 6.04 Å². The second kappa shape index (κ2) is 21.6. The Labute approximate surface area is 368 Å². The number of hydrogen-bond acceptors (Lipinski definition) is 5. The second-order valence-corrected chi connectivity index (χ2v) is 42.1. The van der Waals surface area contributed by atoms with Gasteiger partial charge in [-0.15, -0.1) is 6.58 Å². The summed E-state index contributed by atoms with van der Waals surface area (Å²) in [6.45, 7) is 49.6. The summed E-state index contributed by atoms with van der Waals surface area (Å²) in [5.74, 6) is 0. The lowest BCUT2D eigenvalue weighted by atomic mass is 9.91. The summed E-state index contributed by atoms with van der Waals surface area (Å²) >= 11 is 0. The van der Waals surface area contributed by atoms with Crippen molar-refractivity contribution in [1.29, 1.82) is 0 Å². The third-order valence-corrected chi connectivity index (χ3v) is 28.5. The van der Waals surface area contributed by atoms with Gasteiger partial charge in [-0.05, 0) is 76.6 Å². The normalized spacial score (nSPS) is 16.0. The van der Waals surface area contributed by atoms with Crippen LogP contribution in [0.5, 0.6) is 0 Å². The van der Waals surface area contributed by atoms with Gasteiger partial charge in [-0.3, -0.25) is 0 Å². The van der Waals surface area contributed by atoms with Crippen LogP contribution in [0.4, 0.5) is 0 Å². The summed E-state index contributed by atoms with van der Waals surface area (Å²) in [6, 6.07) is 22.9. The smallest absolute Gasteiger partial charge is 0.261 e. The molecule has 0 saturated heterocycles. The Kier molecular flexibility index (Phi) is 19.6. The highest BCUT2D eigenvalue weighted by Crippen LogP contribution is 2.41. The van der Waals surface area contributed by atoms with Gasteiger partial charge in [0.15, 0.2) is 16.6 Å². The van der Waals surface area contributed by atoms with Crippen molar-refractivity contribution in [3.05, 3.63) is 97.1 Å². The van der Waals surface area contributed by atoms with E-state index in [1.807, 2.05) is 6.08 Å². The van der Waals surface area contributed by atoms with Gasteiger partial charge in [0.2, 0.25) is 0 Å².